The van der Waals surface area contributed by atoms with E-state index in [0.717, 1.165) is 25.1 Å². The van der Waals surface area contributed by atoms with Crippen LogP contribution in [0.2, 0.25) is 0 Å². The number of allylic oxidation sites excluding steroid dienone is 1. The topological polar surface area (TPSA) is 48.2 Å². The summed E-state index contributed by atoms with van der Waals surface area (Å²) in [5.74, 6) is 0. The largest absolute Gasteiger partial charge is 0.389 e. The van der Waals surface area contributed by atoms with Gasteiger partial charge in [-0.2, -0.15) is 5.11 Å². The lowest BCUT2D eigenvalue weighted by Crippen LogP contribution is -2.07. The molecule has 3 heteroatoms. The van der Waals surface area contributed by atoms with E-state index < -0.39 is 0 Å². The first-order valence-corrected chi connectivity index (χ1v) is 6.65. The van der Waals surface area contributed by atoms with Gasteiger partial charge in [-0.05, 0) is 19.3 Å². The van der Waals surface area contributed by atoms with E-state index in [0.29, 0.717) is 0 Å². The second-order valence-corrected chi connectivity index (χ2v) is 4.22. The summed E-state index contributed by atoms with van der Waals surface area (Å²) < 4.78 is 0. The quantitative estimate of drug-likeness (QED) is 0.391. The maximum atomic E-state index is 7.07. The number of rotatable bonds is 11. The summed E-state index contributed by atoms with van der Waals surface area (Å²) in [6, 6.07) is 0. The summed E-state index contributed by atoms with van der Waals surface area (Å²) in [4.78, 5) is 0. The second-order valence-electron chi connectivity index (χ2n) is 4.22. The molecule has 2 N–H and O–H groups in total. The Morgan fingerprint density at radius 2 is 1.75 bits per heavy atom. The van der Waals surface area contributed by atoms with Gasteiger partial charge in [0.1, 0.15) is 0 Å². The monoisotopic (exact) mass is 225 g/mol. The molecule has 0 aliphatic carbocycles. The SMILES string of the molecule is CCCCCC/C(=C/NCCCCC)N=N. The molecule has 0 bridgehead atoms. The van der Waals surface area contributed by atoms with Crippen molar-refractivity contribution >= 4 is 0 Å². The number of nitrogens with zero attached hydrogens (tertiary/aromatic N) is 1. The van der Waals surface area contributed by atoms with E-state index in [1.54, 1.807) is 0 Å². The molecule has 0 fully saturated rings. The Hall–Kier alpha value is -0.860. The fraction of sp³-hybridized carbons (Fsp3) is 0.846. The Balaban J connectivity index is 3.54. The minimum absolute atomic E-state index is 0.882. The molecule has 0 saturated heterocycles. The van der Waals surface area contributed by atoms with Crippen LogP contribution in [-0.4, -0.2) is 6.54 Å². The van der Waals surface area contributed by atoms with Crippen LogP contribution in [-0.2, 0) is 0 Å². The molecule has 0 aliphatic rings. The lowest BCUT2D eigenvalue weighted by Gasteiger charge is -2.03. The average molecular weight is 225 g/mol. The van der Waals surface area contributed by atoms with Crippen molar-refractivity contribution < 1.29 is 0 Å². The van der Waals surface area contributed by atoms with Gasteiger partial charge in [-0.25, -0.2) is 5.53 Å². The Morgan fingerprint density at radius 3 is 2.38 bits per heavy atom. The molecule has 0 radical (unpaired) electrons. The molecule has 0 aliphatic heterocycles. The lowest BCUT2D eigenvalue weighted by molar-refractivity contribution is 0.648. The first-order chi connectivity index (χ1) is 7.85. The van der Waals surface area contributed by atoms with Crippen LogP contribution < -0.4 is 5.32 Å². The van der Waals surface area contributed by atoms with Crippen molar-refractivity contribution in [1.82, 2.24) is 5.32 Å². The lowest BCUT2D eigenvalue weighted by atomic mass is 10.1. The van der Waals surface area contributed by atoms with Crippen molar-refractivity contribution in [3.8, 4) is 0 Å². The molecule has 0 saturated carbocycles. The predicted molar refractivity (Wildman–Crippen MR) is 69.5 cm³/mol. The molecule has 0 atom stereocenters. The third kappa shape index (κ3) is 9.69. The molecule has 0 aromatic carbocycles. The first-order valence-electron chi connectivity index (χ1n) is 6.65. The van der Waals surface area contributed by atoms with Crippen LogP contribution in [0.4, 0.5) is 0 Å². The van der Waals surface area contributed by atoms with Crippen LogP contribution in [0.1, 0.15) is 65.2 Å². The predicted octanol–water partition coefficient (Wildman–Crippen LogP) is 4.61. The Morgan fingerprint density at radius 1 is 1.06 bits per heavy atom. The van der Waals surface area contributed by atoms with Gasteiger partial charge in [-0.3, -0.25) is 0 Å². The zero-order valence-electron chi connectivity index (χ0n) is 10.9. The number of hydrogen-bond donors (Lipinski definition) is 2. The molecule has 0 unspecified atom stereocenters. The highest BCUT2D eigenvalue weighted by Gasteiger charge is 1.95. The van der Waals surface area contributed by atoms with Crippen LogP contribution in [0.5, 0.6) is 0 Å². The fourth-order valence-corrected chi connectivity index (χ4v) is 1.56. The van der Waals surface area contributed by atoms with E-state index in [1.807, 2.05) is 6.20 Å². The molecular formula is C13H27N3. The van der Waals surface area contributed by atoms with Gasteiger partial charge in [0.15, 0.2) is 0 Å². The van der Waals surface area contributed by atoms with Crippen LogP contribution in [0.3, 0.4) is 0 Å². The molecule has 0 rings (SSSR count). The van der Waals surface area contributed by atoms with E-state index in [-0.39, 0.29) is 0 Å². The highest BCUT2D eigenvalue weighted by Crippen LogP contribution is 2.10. The molecule has 0 heterocycles. The van der Waals surface area contributed by atoms with Crippen LogP contribution >= 0.6 is 0 Å². The normalized spacial score (nSPS) is 11.5. The fourth-order valence-electron chi connectivity index (χ4n) is 1.56. The first kappa shape index (κ1) is 15.1. The molecular weight excluding hydrogens is 198 g/mol. The summed E-state index contributed by atoms with van der Waals surface area (Å²) in [7, 11) is 0. The summed E-state index contributed by atoms with van der Waals surface area (Å²) in [5, 5.41) is 6.79. The smallest absolute Gasteiger partial charge is 0.0779 e. The second kappa shape index (κ2) is 12.2. The zero-order chi connectivity index (χ0) is 12.1. The van der Waals surface area contributed by atoms with Crippen molar-refractivity contribution in [2.45, 2.75) is 65.2 Å². The van der Waals surface area contributed by atoms with Gasteiger partial charge in [-0.1, -0.05) is 46.0 Å². The van der Waals surface area contributed by atoms with Gasteiger partial charge in [0.05, 0.1) is 5.70 Å². The van der Waals surface area contributed by atoms with Crippen molar-refractivity contribution in [3.05, 3.63) is 11.9 Å². The number of unbranched alkanes of at least 4 members (excludes halogenated alkanes) is 5. The molecule has 0 spiro atoms. The Labute approximate surface area is 100 Å². The van der Waals surface area contributed by atoms with Crippen LogP contribution in [0.25, 0.3) is 0 Å². The Kier molecular flexibility index (Phi) is 11.6. The Bertz CT molecular complexity index is 188. The highest BCUT2D eigenvalue weighted by atomic mass is 15.0. The molecule has 0 amide bonds. The summed E-state index contributed by atoms with van der Waals surface area (Å²) in [5.41, 5.74) is 7.96. The van der Waals surface area contributed by atoms with Crippen molar-refractivity contribution in [2.24, 2.45) is 5.11 Å². The van der Waals surface area contributed by atoms with Gasteiger partial charge < -0.3 is 5.32 Å². The van der Waals surface area contributed by atoms with E-state index >= 15 is 0 Å². The molecule has 94 valence electrons. The summed E-state index contributed by atoms with van der Waals surface area (Å²) >= 11 is 0. The minimum Gasteiger partial charge on any atom is -0.389 e. The van der Waals surface area contributed by atoms with Gasteiger partial charge in [-0.15, -0.1) is 0 Å². The van der Waals surface area contributed by atoms with Crippen molar-refractivity contribution in [3.63, 3.8) is 0 Å². The van der Waals surface area contributed by atoms with Gasteiger partial charge in [0.2, 0.25) is 0 Å². The van der Waals surface area contributed by atoms with Crippen LogP contribution in [0, 0.1) is 5.53 Å². The van der Waals surface area contributed by atoms with Crippen molar-refractivity contribution in [2.75, 3.05) is 6.54 Å². The highest BCUT2D eigenvalue weighted by molar-refractivity contribution is 4.96. The maximum Gasteiger partial charge on any atom is 0.0779 e. The maximum absolute atomic E-state index is 7.07. The molecule has 0 aromatic heterocycles. The minimum atomic E-state index is 0.882. The number of nitrogens with one attached hydrogen (secondary N) is 2. The van der Waals surface area contributed by atoms with Gasteiger partial charge in [0.25, 0.3) is 0 Å². The van der Waals surface area contributed by atoms with E-state index in [2.05, 4.69) is 24.3 Å². The van der Waals surface area contributed by atoms with Gasteiger partial charge >= 0.3 is 0 Å². The molecule has 3 nitrogen and oxygen atoms in total. The van der Waals surface area contributed by atoms with E-state index in [4.69, 9.17) is 5.53 Å². The average Bonchev–Trinajstić information content (AvgIpc) is 2.31. The van der Waals surface area contributed by atoms with E-state index in [9.17, 15) is 0 Å². The molecule has 0 aromatic rings. The third-order valence-corrected chi connectivity index (χ3v) is 2.62. The van der Waals surface area contributed by atoms with Gasteiger partial charge in [0, 0.05) is 12.7 Å². The standard InChI is InChI=1S/C13H27N3/c1-3-5-7-8-10-13(16-14)12-15-11-9-6-4-2/h12,14-15H,3-11H2,1-2H3/b13-12-,16-14?. The number of hydrogen-bond acceptors (Lipinski definition) is 3. The molecule has 16 heavy (non-hydrogen) atoms. The van der Waals surface area contributed by atoms with Crippen molar-refractivity contribution in [1.29, 1.82) is 5.53 Å². The van der Waals surface area contributed by atoms with Crippen LogP contribution in [0.15, 0.2) is 17.0 Å². The third-order valence-electron chi connectivity index (χ3n) is 2.62. The zero-order valence-corrected chi connectivity index (χ0v) is 10.9. The van der Waals surface area contributed by atoms with E-state index in [1.165, 1.54) is 38.5 Å². The summed E-state index contributed by atoms with van der Waals surface area (Å²) in [6.07, 6.45) is 11.5. The summed E-state index contributed by atoms with van der Waals surface area (Å²) in [6.45, 7) is 5.41.